The first kappa shape index (κ1) is 23.8. The molecule has 1 amide bonds. The zero-order chi connectivity index (χ0) is 24.4. The van der Waals surface area contributed by atoms with E-state index in [-0.39, 0.29) is 11.3 Å². The van der Waals surface area contributed by atoms with Crippen LogP contribution in [-0.2, 0) is 18.4 Å². The van der Waals surface area contributed by atoms with Crippen LogP contribution in [0.1, 0.15) is 52.0 Å². The number of halogens is 1. The van der Waals surface area contributed by atoms with Gasteiger partial charge in [0.05, 0.1) is 11.3 Å². The molecule has 0 unspecified atom stereocenters. The molecule has 182 valence electrons. The zero-order valence-electron chi connectivity index (χ0n) is 20.4. The molecule has 1 aliphatic heterocycles. The average molecular weight is 490 g/mol. The Hall–Kier alpha value is -2.96. The zero-order valence-corrected chi connectivity index (χ0v) is 21.2. The third-order valence-electron chi connectivity index (χ3n) is 7.34. The number of rotatable bonds is 7. The maximum absolute atomic E-state index is 13.9. The molecule has 1 saturated carbocycles. The van der Waals surface area contributed by atoms with Crippen LogP contribution in [0, 0.1) is 0 Å². The van der Waals surface area contributed by atoms with E-state index in [1.54, 1.807) is 6.20 Å². The average Bonchev–Trinajstić information content (AvgIpc) is 2.84. The summed E-state index contributed by atoms with van der Waals surface area (Å²) in [5, 5.41) is 4.05. The standard InChI is InChI=1S/C28H32ClN5O/c1-33(2)17-15-30-27-31-18-24(26(35)34-16-12-20-6-3-4-7-21(20)19-34)25(32-27)28(13-5-14-28)22-8-10-23(29)11-9-22/h3-4,6-11,18H,5,12-17,19H2,1-2H3,(H,30,31,32). The third kappa shape index (κ3) is 4.78. The first-order chi connectivity index (χ1) is 17.0. The summed E-state index contributed by atoms with van der Waals surface area (Å²) in [6, 6.07) is 16.4. The molecule has 2 aliphatic rings. The molecule has 6 nitrogen and oxygen atoms in total. The first-order valence-electron chi connectivity index (χ1n) is 12.3. The lowest BCUT2D eigenvalue weighted by Gasteiger charge is -2.43. The number of nitrogens with one attached hydrogen (secondary N) is 1. The van der Waals surface area contributed by atoms with Crippen molar-refractivity contribution in [2.45, 2.75) is 37.6 Å². The normalized spacial score (nSPS) is 16.5. The molecule has 35 heavy (non-hydrogen) atoms. The van der Waals surface area contributed by atoms with Crippen molar-refractivity contribution < 1.29 is 4.79 Å². The molecule has 0 bridgehead atoms. The Kier molecular flexibility index (Phi) is 6.76. The Morgan fingerprint density at radius 3 is 2.54 bits per heavy atom. The van der Waals surface area contributed by atoms with Gasteiger partial charge in [0.25, 0.3) is 5.91 Å². The lowest BCUT2D eigenvalue weighted by atomic mass is 9.61. The first-order valence-corrected chi connectivity index (χ1v) is 12.7. The molecule has 3 aromatic rings. The van der Waals surface area contributed by atoms with E-state index in [0.29, 0.717) is 29.6 Å². The van der Waals surface area contributed by atoms with Crippen LogP contribution < -0.4 is 5.32 Å². The predicted molar refractivity (Wildman–Crippen MR) is 140 cm³/mol. The minimum atomic E-state index is -0.301. The van der Waals surface area contributed by atoms with Gasteiger partial charge in [-0.1, -0.05) is 54.4 Å². The second-order valence-electron chi connectivity index (χ2n) is 9.87. The molecule has 1 aliphatic carbocycles. The van der Waals surface area contributed by atoms with Gasteiger partial charge in [-0.2, -0.15) is 0 Å². The summed E-state index contributed by atoms with van der Waals surface area (Å²) in [7, 11) is 4.08. The SMILES string of the molecule is CN(C)CCNc1ncc(C(=O)N2CCc3ccccc3C2)c(C2(c3ccc(Cl)cc3)CCC2)n1. The molecule has 0 radical (unpaired) electrons. The maximum atomic E-state index is 13.9. The van der Waals surface area contributed by atoms with E-state index in [2.05, 4.69) is 45.5 Å². The largest absolute Gasteiger partial charge is 0.353 e. The van der Waals surface area contributed by atoms with Crippen molar-refractivity contribution in [2.75, 3.05) is 39.0 Å². The van der Waals surface area contributed by atoms with Crippen molar-refractivity contribution in [1.29, 1.82) is 0 Å². The van der Waals surface area contributed by atoms with E-state index < -0.39 is 0 Å². The van der Waals surface area contributed by atoms with E-state index >= 15 is 0 Å². The Morgan fingerprint density at radius 1 is 1.11 bits per heavy atom. The summed E-state index contributed by atoms with van der Waals surface area (Å²) in [5.74, 6) is 0.581. The van der Waals surface area contributed by atoms with Gasteiger partial charge < -0.3 is 15.1 Å². The minimum Gasteiger partial charge on any atom is -0.353 e. The van der Waals surface area contributed by atoms with Crippen molar-refractivity contribution in [3.8, 4) is 0 Å². The lowest BCUT2D eigenvalue weighted by Crippen LogP contribution is -2.41. The van der Waals surface area contributed by atoms with E-state index in [1.165, 1.54) is 11.1 Å². The van der Waals surface area contributed by atoms with Crippen LogP contribution in [0.2, 0.25) is 5.02 Å². The number of benzene rings is 2. The molecule has 1 N–H and O–H groups in total. The van der Waals surface area contributed by atoms with Crippen molar-refractivity contribution in [2.24, 2.45) is 0 Å². The van der Waals surface area contributed by atoms with Crippen molar-refractivity contribution in [1.82, 2.24) is 19.8 Å². The second-order valence-corrected chi connectivity index (χ2v) is 10.3. The fourth-order valence-electron chi connectivity index (χ4n) is 5.18. The number of carbonyl (C=O) groups excluding carboxylic acids is 1. The molecular formula is C28H32ClN5O. The highest BCUT2D eigenvalue weighted by Crippen LogP contribution is 2.49. The number of hydrogen-bond acceptors (Lipinski definition) is 5. The maximum Gasteiger partial charge on any atom is 0.257 e. The van der Waals surface area contributed by atoms with E-state index in [4.69, 9.17) is 16.6 Å². The molecule has 2 aromatic carbocycles. The number of anilines is 1. The lowest BCUT2D eigenvalue weighted by molar-refractivity contribution is 0.0729. The molecule has 5 rings (SSSR count). The highest BCUT2D eigenvalue weighted by atomic mass is 35.5. The highest BCUT2D eigenvalue weighted by Gasteiger charge is 2.45. The summed E-state index contributed by atoms with van der Waals surface area (Å²) in [4.78, 5) is 27.5. The minimum absolute atomic E-state index is 0.00887. The smallest absolute Gasteiger partial charge is 0.257 e. The highest BCUT2D eigenvalue weighted by molar-refractivity contribution is 6.30. The Labute approximate surface area is 212 Å². The van der Waals surface area contributed by atoms with Gasteiger partial charge in [-0.05, 0) is 62.2 Å². The summed E-state index contributed by atoms with van der Waals surface area (Å²) in [5.41, 5.74) is 4.83. The number of carbonyl (C=O) groups is 1. The van der Waals surface area contributed by atoms with Gasteiger partial charge in [0.2, 0.25) is 5.95 Å². The number of amides is 1. The summed E-state index contributed by atoms with van der Waals surface area (Å²) >= 11 is 6.20. The fourth-order valence-corrected chi connectivity index (χ4v) is 5.31. The molecule has 7 heteroatoms. The molecule has 0 atom stereocenters. The van der Waals surface area contributed by atoms with Gasteiger partial charge in [-0.3, -0.25) is 4.79 Å². The Bertz CT molecular complexity index is 1210. The molecule has 2 heterocycles. The van der Waals surface area contributed by atoms with Gasteiger partial charge in [0, 0.05) is 42.8 Å². The Morgan fingerprint density at radius 2 is 1.86 bits per heavy atom. The van der Waals surface area contributed by atoms with E-state index in [1.807, 2.05) is 37.2 Å². The van der Waals surface area contributed by atoms with Crippen LogP contribution in [0.25, 0.3) is 0 Å². The molecule has 1 fully saturated rings. The van der Waals surface area contributed by atoms with Gasteiger partial charge in [-0.25, -0.2) is 9.97 Å². The van der Waals surface area contributed by atoms with Crippen LogP contribution >= 0.6 is 11.6 Å². The summed E-state index contributed by atoms with van der Waals surface area (Å²) < 4.78 is 0. The van der Waals surface area contributed by atoms with Crippen molar-refractivity contribution in [3.05, 3.63) is 87.7 Å². The van der Waals surface area contributed by atoms with Crippen LogP contribution in [0.15, 0.2) is 54.7 Å². The number of likely N-dealkylation sites (N-methyl/N-ethyl adjacent to an activating group) is 1. The monoisotopic (exact) mass is 489 g/mol. The molecule has 0 saturated heterocycles. The van der Waals surface area contributed by atoms with Gasteiger partial charge in [0.15, 0.2) is 0 Å². The number of nitrogens with zero attached hydrogens (tertiary/aromatic N) is 4. The quantitative estimate of drug-likeness (QED) is 0.518. The van der Waals surface area contributed by atoms with Crippen LogP contribution in [0.4, 0.5) is 5.95 Å². The predicted octanol–water partition coefficient (Wildman–Crippen LogP) is 4.77. The number of aromatic nitrogens is 2. The molecular weight excluding hydrogens is 458 g/mol. The summed E-state index contributed by atoms with van der Waals surface area (Å²) in [6.07, 6.45) is 5.60. The number of fused-ring (bicyclic) bond motifs is 1. The Balaban J connectivity index is 1.52. The van der Waals surface area contributed by atoms with Gasteiger partial charge in [0.1, 0.15) is 0 Å². The number of hydrogen-bond donors (Lipinski definition) is 1. The topological polar surface area (TPSA) is 61.4 Å². The van der Waals surface area contributed by atoms with E-state index in [0.717, 1.165) is 50.0 Å². The van der Waals surface area contributed by atoms with Crippen molar-refractivity contribution in [3.63, 3.8) is 0 Å². The second kappa shape index (κ2) is 9.96. The third-order valence-corrected chi connectivity index (χ3v) is 7.59. The molecule has 1 aromatic heterocycles. The summed E-state index contributed by atoms with van der Waals surface area (Å²) in [6.45, 7) is 2.92. The fraction of sp³-hybridized carbons (Fsp3) is 0.393. The molecule has 0 spiro atoms. The van der Waals surface area contributed by atoms with Gasteiger partial charge >= 0.3 is 0 Å². The van der Waals surface area contributed by atoms with Crippen LogP contribution in [-0.4, -0.2) is 59.4 Å². The van der Waals surface area contributed by atoms with Crippen LogP contribution in [0.3, 0.4) is 0 Å². The van der Waals surface area contributed by atoms with Gasteiger partial charge in [-0.15, -0.1) is 0 Å². The van der Waals surface area contributed by atoms with E-state index in [9.17, 15) is 4.79 Å². The van der Waals surface area contributed by atoms with Crippen LogP contribution in [0.5, 0.6) is 0 Å². The van der Waals surface area contributed by atoms with Crippen molar-refractivity contribution >= 4 is 23.5 Å².